The van der Waals surface area contributed by atoms with Gasteiger partial charge in [0.2, 0.25) is 0 Å². The summed E-state index contributed by atoms with van der Waals surface area (Å²) in [6.07, 6.45) is 0.515. The Hall–Kier alpha value is -1.10. The van der Waals surface area contributed by atoms with Crippen molar-refractivity contribution in [3.05, 3.63) is 34.9 Å². The molecule has 0 spiro atoms. The van der Waals surface area contributed by atoms with Crippen molar-refractivity contribution in [2.75, 3.05) is 6.61 Å². The van der Waals surface area contributed by atoms with Gasteiger partial charge in [-0.25, -0.2) is 0 Å². The molecule has 1 amide bonds. The van der Waals surface area contributed by atoms with Crippen molar-refractivity contribution in [3.8, 4) is 0 Å². The van der Waals surface area contributed by atoms with Crippen LogP contribution in [0.25, 0.3) is 0 Å². The molecule has 0 saturated heterocycles. The van der Waals surface area contributed by atoms with E-state index in [0.29, 0.717) is 23.4 Å². The van der Waals surface area contributed by atoms with Crippen molar-refractivity contribution in [1.82, 2.24) is 5.32 Å². The molecule has 1 saturated carbocycles. The lowest BCUT2D eigenvalue weighted by Crippen LogP contribution is -2.33. The highest BCUT2D eigenvalue weighted by atomic mass is 35.5. The third-order valence-corrected chi connectivity index (χ3v) is 3.68. The van der Waals surface area contributed by atoms with Crippen molar-refractivity contribution >= 4 is 17.5 Å². The molecule has 0 aliphatic heterocycles. The molecule has 98 valence electrons. The quantitative estimate of drug-likeness (QED) is 0.772. The van der Waals surface area contributed by atoms with Crippen LogP contribution < -0.4 is 5.32 Å². The highest BCUT2D eigenvalue weighted by Gasteiger charge is 2.33. The molecule has 3 N–H and O–H groups in total. The lowest BCUT2D eigenvalue weighted by Gasteiger charge is -2.13. The van der Waals surface area contributed by atoms with Crippen LogP contribution in [0.4, 0.5) is 0 Å². The van der Waals surface area contributed by atoms with Gasteiger partial charge in [0.25, 0.3) is 5.91 Å². The summed E-state index contributed by atoms with van der Waals surface area (Å²) >= 11 is 5.94. The molecule has 0 unspecified atom stereocenters. The van der Waals surface area contributed by atoms with Crippen molar-refractivity contribution < 1.29 is 15.0 Å². The highest BCUT2D eigenvalue weighted by molar-refractivity contribution is 6.33. The number of aliphatic hydroxyl groups is 2. The molecule has 1 aromatic carbocycles. The van der Waals surface area contributed by atoms with Crippen molar-refractivity contribution in [2.24, 2.45) is 5.92 Å². The molecule has 0 heterocycles. The second-order valence-corrected chi connectivity index (χ2v) is 5.04. The van der Waals surface area contributed by atoms with Gasteiger partial charge in [-0.1, -0.05) is 23.7 Å². The van der Waals surface area contributed by atoms with Crippen molar-refractivity contribution in [2.45, 2.75) is 25.0 Å². The Morgan fingerprint density at radius 1 is 1.39 bits per heavy atom. The molecule has 4 nitrogen and oxygen atoms in total. The average Bonchev–Trinajstić information content (AvgIpc) is 2.69. The number of carbonyl (C=O) groups excluding carboxylic acids is 1. The minimum atomic E-state index is -0.549. The number of aliphatic hydroxyl groups excluding tert-OH is 2. The van der Waals surface area contributed by atoms with Crippen molar-refractivity contribution in [3.63, 3.8) is 0 Å². The second-order valence-electron chi connectivity index (χ2n) is 4.63. The summed E-state index contributed by atoms with van der Waals surface area (Å²) in [6.45, 7) is -0.0559. The predicted octanol–water partition coefficient (Wildman–Crippen LogP) is 1.20. The SMILES string of the molecule is O=C(N[C@H]1C[C@H](CO)[C@@H](O)C1)c1ccccc1Cl. The maximum absolute atomic E-state index is 12.0. The van der Waals surface area contributed by atoms with Gasteiger partial charge in [0.15, 0.2) is 0 Å². The van der Waals surface area contributed by atoms with E-state index in [9.17, 15) is 9.90 Å². The standard InChI is InChI=1S/C13H16ClNO3/c14-11-4-2-1-3-10(11)13(18)15-9-5-8(7-16)12(17)6-9/h1-4,8-9,12,16-17H,5-7H2,(H,15,18)/t8-,9+,12+/m1/s1. The molecule has 0 radical (unpaired) electrons. The van der Waals surface area contributed by atoms with Crippen molar-refractivity contribution in [1.29, 1.82) is 0 Å². The summed E-state index contributed by atoms with van der Waals surface area (Å²) in [5, 5.41) is 22.0. The molecular weight excluding hydrogens is 254 g/mol. The third-order valence-electron chi connectivity index (χ3n) is 3.35. The largest absolute Gasteiger partial charge is 0.396 e. The van der Waals surface area contributed by atoms with Gasteiger partial charge >= 0.3 is 0 Å². The predicted molar refractivity (Wildman–Crippen MR) is 68.5 cm³/mol. The number of hydrogen-bond acceptors (Lipinski definition) is 3. The number of hydrogen-bond donors (Lipinski definition) is 3. The molecule has 1 aromatic rings. The number of amides is 1. The van der Waals surface area contributed by atoms with Crippen LogP contribution in [-0.4, -0.2) is 34.9 Å². The fourth-order valence-electron chi connectivity index (χ4n) is 2.33. The van der Waals surface area contributed by atoms with E-state index in [2.05, 4.69) is 5.32 Å². The molecular formula is C13H16ClNO3. The Balaban J connectivity index is 1.99. The molecule has 0 bridgehead atoms. The lowest BCUT2D eigenvalue weighted by atomic mass is 10.1. The fraction of sp³-hybridized carbons (Fsp3) is 0.462. The second kappa shape index (κ2) is 5.69. The van der Waals surface area contributed by atoms with E-state index in [1.165, 1.54) is 0 Å². The first-order chi connectivity index (χ1) is 8.61. The Bertz CT molecular complexity index is 438. The van der Waals surface area contributed by atoms with Crippen LogP contribution in [0.1, 0.15) is 23.2 Å². The number of nitrogens with one attached hydrogen (secondary N) is 1. The summed E-state index contributed by atoms with van der Waals surface area (Å²) in [5.74, 6) is -0.391. The third kappa shape index (κ3) is 2.83. The fourth-order valence-corrected chi connectivity index (χ4v) is 2.55. The number of rotatable bonds is 3. The van der Waals surface area contributed by atoms with E-state index in [-0.39, 0.29) is 24.5 Å². The van der Waals surface area contributed by atoms with Crippen LogP contribution in [0.3, 0.4) is 0 Å². The Morgan fingerprint density at radius 2 is 2.11 bits per heavy atom. The zero-order valence-electron chi connectivity index (χ0n) is 9.84. The first kappa shape index (κ1) is 13.3. The van der Waals surface area contributed by atoms with E-state index in [0.717, 1.165) is 0 Å². The highest BCUT2D eigenvalue weighted by Crippen LogP contribution is 2.26. The van der Waals surface area contributed by atoms with Gasteiger partial charge in [-0.05, 0) is 25.0 Å². The molecule has 1 aliphatic rings. The zero-order chi connectivity index (χ0) is 13.1. The Morgan fingerprint density at radius 3 is 2.72 bits per heavy atom. The van der Waals surface area contributed by atoms with Gasteiger partial charge in [-0.3, -0.25) is 4.79 Å². The van der Waals surface area contributed by atoms with Gasteiger partial charge in [-0.15, -0.1) is 0 Å². The van der Waals surface area contributed by atoms with E-state index in [1.807, 2.05) is 0 Å². The number of carbonyl (C=O) groups is 1. The summed E-state index contributed by atoms with van der Waals surface area (Å²) < 4.78 is 0. The molecule has 18 heavy (non-hydrogen) atoms. The first-order valence-corrected chi connectivity index (χ1v) is 6.34. The van der Waals surface area contributed by atoms with Crippen LogP contribution in [0.2, 0.25) is 5.02 Å². The van der Waals surface area contributed by atoms with Crippen LogP contribution in [0, 0.1) is 5.92 Å². The topological polar surface area (TPSA) is 69.6 Å². The molecule has 1 aliphatic carbocycles. The summed E-state index contributed by atoms with van der Waals surface area (Å²) in [7, 11) is 0. The molecule has 0 aromatic heterocycles. The Labute approximate surface area is 111 Å². The van der Waals surface area contributed by atoms with Crippen LogP contribution >= 0.6 is 11.6 Å². The number of benzene rings is 1. The normalized spacial score (nSPS) is 27.2. The van der Waals surface area contributed by atoms with Gasteiger partial charge < -0.3 is 15.5 Å². The monoisotopic (exact) mass is 269 g/mol. The minimum absolute atomic E-state index is 0.0559. The summed E-state index contributed by atoms with van der Waals surface area (Å²) in [5.41, 5.74) is 0.432. The van der Waals surface area contributed by atoms with Crippen LogP contribution in [0.5, 0.6) is 0 Å². The lowest BCUT2D eigenvalue weighted by molar-refractivity contribution is 0.0903. The van der Waals surface area contributed by atoms with E-state index < -0.39 is 6.10 Å². The van der Waals surface area contributed by atoms with Gasteiger partial charge in [0.1, 0.15) is 0 Å². The van der Waals surface area contributed by atoms with Crippen LogP contribution in [0.15, 0.2) is 24.3 Å². The molecule has 3 atom stereocenters. The molecule has 2 rings (SSSR count). The maximum Gasteiger partial charge on any atom is 0.253 e. The van der Waals surface area contributed by atoms with Gasteiger partial charge in [-0.2, -0.15) is 0 Å². The minimum Gasteiger partial charge on any atom is -0.396 e. The molecule has 1 fully saturated rings. The van der Waals surface area contributed by atoms with Gasteiger partial charge in [0.05, 0.1) is 16.7 Å². The van der Waals surface area contributed by atoms with Crippen LogP contribution in [-0.2, 0) is 0 Å². The maximum atomic E-state index is 12.0. The first-order valence-electron chi connectivity index (χ1n) is 5.96. The van der Waals surface area contributed by atoms with E-state index in [4.69, 9.17) is 16.7 Å². The van der Waals surface area contributed by atoms with Gasteiger partial charge in [0, 0.05) is 18.6 Å². The zero-order valence-corrected chi connectivity index (χ0v) is 10.6. The summed E-state index contributed by atoms with van der Waals surface area (Å²) in [6, 6.07) is 6.73. The Kier molecular flexibility index (Phi) is 4.22. The van der Waals surface area contributed by atoms with E-state index >= 15 is 0 Å². The number of halogens is 1. The average molecular weight is 270 g/mol. The van der Waals surface area contributed by atoms with E-state index in [1.54, 1.807) is 24.3 Å². The summed E-state index contributed by atoms with van der Waals surface area (Å²) in [4.78, 5) is 12.0. The molecule has 5 heteroatoms. The smallest absolute Gasteiger partial charge is 0.253 e.